The van der Waals surface area contributed by atoms with Crippen LogP contribution in [-0.4, -0.2) is 23.4 Å². The Labute approximate surface area is 91.6 Å². The van der Waals surface area contributed by atoms with Crippen molar-refractivity contribution < 1.29 is 10.2 Å². The summed E-state index contributed by atoms with van der Waals surface area (Å²) < 4.78 is 0. The quantitative estimate of drug-likeness (QED) is 0.776. The maximum atomic E-state index is 9.33. The van der Waals surface area contributed by atoms with Crippen LogP contribution in [0, 0.1) is 12.3 Å². The van der Waals surface area contributed by atoms with Crippen LogP contribution in [0.25, 0.3) is 0 Å². The molecule has 15 heavy (non-hydrogen) atoms. The van der Waals surface area contributed by atoms with Crippen LogP contribution >= 0.6 is 0 Å². The van der Waals surface area contributed by atoms with E-state index in [9.17, 15) is 10.2 Å². The third-order valence-corrected chi connectivity index (χ3v) is 3.12. The smallest absolute Gasteiger partial charge is 0.0512 e. The first-order valence-electron chi connectivity index (χ1n) is 5.43. The molecular weight excluding hydrogens is 188 g/mol. The first-order valence-corrected chi connectivity index (χ1v) is 5.43. The molecule has 0 saturated carbocycles. The van der Waals surface area contributed by atoms with Crippen LogP contribution in [0.4, 0.5) is 0 Å². The summed E-state index contributed by atoms with van der Waals surface area (Å²) in [6, 6.07) is 8.24. The van der Waals surface area contributed by atoms with Crippen molar-refractivity contribution in [2.45, 2.75) is 26.7 Å². The van der Waals surface area contributed by atoms with E-state index in [0.717, 1.165) is 12.8 Å². The number of rotatable bonds is 5. The maximum absolute atomic E-state index is 9.33. The Morgan fingerprint density at radius 1 is 1.07 bits per heavy atom. The van der Waals surface area contributed by atoms with Gasteiger partial charge in [0.25, 0.3) is 0 Å². The second-order valence-corrected chi connectivity index (χ2v) is 4.33. The number of aliphatic hydroxyl groups is 2. The molecular formula is C13H20O2. The number of benzene rings is 1. The highest BCUT2D eigenvalue weighted by Gasteiger charge is 2.26. The fraction of sp³-hybridized carbons (Fsp3) is 0.538. The van der Waals surface area contributed by atoms with E-state index in [-0.39, 0.29) is 18.6 Å². The first kappa shape index (κ1) is 12.2. The summed E-state index contributed by atoms with van der Waals surface area (Å²) in [5, 5.41) is 18.7. The largest absolute Gasteiger partial charge is 0.396 e. The Balaban J connectivity index is 2.78. The molecule has 0 spiro atoms. The average Bonchev–Trinajstić information content (AvgIpc) is 2.29. The lowest BCUT2D eigenvalue weighted by molar-refractivity contribution is 0.0514. The summed E-state index contributed by atoms with van der Waals surface area (Å²) >= 11 is 0. The molecule has 1 aromatic carbocycles. The molecule has 0 unspecified atom stereocenters. The Kier molecular flexibility index (Phi) is 4.30. The van der Waals surface area contributed by atoms with Gasteiger partial charge in [-0.2, -0.15) is 0 Å². The third kappa shape index (κ3) is 3.05. The molecule has 2 N–H and O–H groups in total. The van der Waals surface area contributed by atoms with Crippen molar-refractivity contribution in [1.82, 2.24) is 0 Å². The van der Waals surface area contributed by atoms with Gasteiger partial charge in [0.2, 0.25) is 0 Å². The van der Waals surface area contributed by atoms with Gasteiger partial charge in [-0.05, 0) is 25.3 Å². The summed E-state index contributed by atoms with van der Waals surface area (Å²) in [5.41, 5.74) is 2.04. The van der Waals surface area contributed by atoms with Gasteiger partial charge in [0.15, 0.2) is 0 Å². The third-order valence-electron chi connectivity index (χ3n) is 3.12. The van der Waals surface area contributed by atoms with Crippen molar-refractivity contribution in [3.8, 4) is 0 Å². The fourth-order valence-corrected chi connectivity index (χ4v) is 1.65. The van der Waals surface area contributed by atoms with Gasteiger partial charge in [0.1, 0.15) is 0 Å². The molecule has 0 aromatic heterocycles. The molecule has 2 heteroatoms. The van der Waals surface area contributed by atoms with Gasteiger partial charge >= 0.3 is 0 Å². The summed E-state index contributed by atoms with van der Waals surface area (Å²) in [6.45, 7) is 4.12. The molecule has 0 radical (unpaired) electrons. The molecule has 2 nitrogen and oxygen atoms in total. The predicted octanol–water partition coefficient (Wildman–Crippen LogP) is 1.92. The zero-order chi connectivity index (χ0) is 11.3. The molecule has 0 aliphatic carbocycles. The molecule has 84 valence electrons. The van der Waals surface area contributed by atoms with Gasteiger partial charge in [-0.1, -0.05) is 36.8 Å². The normalized spacial score (nSPS) is 11.7. The van der Waals surface area contributed by atoms with Gasteiger partial charge in [0, 0.05) is 5.41 Å². The summed E-state index contributed by atoms with van der Waals surface area (Å²) in [6.07, 6.45) is 1.52. The lowest BCUT2D eigenvalue weighted by atomic mass is 9.80. The highest BCUT2D eigenvalue weighted by atomic mass is 16.3. The van der Waals surface area contributed by atoms with Gasteiger partial charge in [0.05, 0.1) is 13.2 Å². The Hall–Kier alpha value is -0.860. The lowest BCUT2D eigenvalue weighted by Crippen LogP contribution is -2.31. The van der Waals surface area contributed by atoms with Crippen molar-refractivity contribution in [3.63, 3.8) is 0 Å². The van der Waals surface area contributed by atoms with E-state index < -0.39 is 0 Å². The summed E-state index contributed by atoms with van der Waals surface area (Å²) in [5.74, 6) is 0. The van der Waals surface area contributed by atoms with Crippen LogP contribution in [-0.2, 0) is 6.42 Å². The lowest BCUT2D eigenvalue weighted by Gasteiger charge is -2.28. The van der Waals surface area contributed by atoms with E-state index in [1.54, 1.807) is 0 Å². The SMILES string of the molecule is CCC(CO)(CO)Cc1ccc(C)cc1. The van der Waals surface area contributed by atoms with Crippen LogP contribution in [0.3, 0.4) is 0 Å². The van der Waals surface area contributed by atoms with Crippen molar-refractivity contribution >= 4 is 0 Å². The van der Waals surface area contributed by atoms with Crippen LogP contribution in [0.5, 0.6) is 0 Å². The molecule has 0 aliphatic heterocycles. The van der Waals surface area contributed by atoms with Crippen molar-refractivity contribution in [3.05, 3.63) is 35.4 Å². The molecule has 0 fully saturated rings. The predicted molar refractivity (Wildman–Crippen MR) is 61.8 cm³/mol. The van der Waals surface area contributed by atoms with Crippen molar-refractivity contribution in [2.24, 2.45) is 5.41 Å². The molecule has 0 amide bonds. The second-order valence-electron chi connectivity index (χ2n) is 4.33. The zero-order valence-electron chi connectivity index (χ0n) is 9.53. The van der Waals surface area contributed by atoms with E-state index in [4.69, 9.17) is 0 Å². The second kappa shape index (κ2) is 5.29. The molecule has 0 bridgehead atoms. The molecule has 0 aliphatic rings. The minimum atomic E-state index is -0.366. The maximum Gasteiger partial charge on any atom is 0.0512 e. The first-order chi connectivity index (χ1) is 7.15. The zero-order valence-corrected chi connectivity index (χ0v) is 9.53. The van der Waals surface area contributed by atoms with Crippen molar-refractivity contribution in [2.75, 3.05) is 13.2 Å². The topological polar surface area (TPSA) is 40.5 Å². The minimum Gasteiger partial charge on any atom is -0.396 e. The number of hydrogen-bond acceptors (Lipinski definition) is 2. The van der Waals surface area contributed by atoms with E-state index in [0.29, 0.717) is 0 Å². The standard InChI is InChI=1S/C13H20O2/c1-3-13(9-14,10-15)8-12-6-4-11(2)5-7-12/h4-7,14-15H,3,8-10H2,1-2H3. The van der Waals surface area contributed by atoms with E-state index in [2.05, 4.69) is 31.2 Å². The van der Waals surface area contributed by atoms with Gasteiger partial charge < -0.3 is 10.2 Å². The van der Waals surface area contributed by atoms with E-state index >= 15 is 0 Å². The Bertz CT molecular complexity index is 278. The highest BCUT2D eigenvalue weighted by molar-refractivity contribution is 5.22. The van der Waals surface area contributed by atoms with Gasteiger partial charge in [-0.25, -0.2) is 0 Å². The average molecular weight is 208 g/mol. The number of hydrogen-bond donors (Lipinski definition) is 2. The molecule has 1 aromatic rings. The van der Waals surface area contributed by atoms with Crippen LogP contribution in [0.2, 0.25) is 0 Å². The molecule has 0 atom stereocenters. The van der Waals surface area contributed by atoms with Crippen LogP contribution in [0.1, 0.15) is 24.5 Å². The number of aliphatic hydroxyl groups excluding tert-OH is 2. The minimum absolute atomic E-state index is 0.0356. The molecule has 0 heterocycles. The summed E-state index contributed by atoms with van der Waals surface area (Å²) in [7, 11) is 0. The van der Waals surface area contributed by atoms with E-state index in [1.165, 1.54) is 11.1 Å². The molecule has 1 rings (SSSR count). The highest BCUT2D eigenvalue weighted by Crippen LogP contribution is 2.26. The van der Waals surface area contributed by atoms with Crippen molar-refractivity contribution in [1.29, 1.82) is 0 Å². The number of aryl methyl sites for hydroxylation is 1. The Morgan fingerprint density at radius 3 is 2.00 bits per heavy atom. The Morgan fingerprint density at radius 2 is 1.60 bits per heavy atom. The van der Waals surface area contributed by atoms with Crippen LogP contribution < -0.4 is 0 Å². The van der Waals surface area contributed by atoms with E-state index in [1.807, 2.05) is 6.92 Å². The van der Waals surface area contributed by atoms with Crippen LogP contribution in [0.15, 0.2) is 24.3 Å². The van der Waals surface area contributed by atoms with Gasteiger partial charge in [-0.3, -0.25) is 0 Å². The monoisotopic (exact) mass is 208 g/mol. The summed E-state index contributed by atoms with van der Waals surface area (Å²) in [4.78, 5) is 0. The van der Waals surface area contributed by atoms with Gasteiger partial charge in [-0.15, -0.1) is 0 Å². The molecule has 0 saturated heterocycles. The fourth-order valence-electron chi connectivity index (χ4n) is 1.65.